The van der Waals surface area contributed by atoms with E-state index < -0.39 is 38.0 Å². The topological polar surface area (TPSA) is 122 Å². The average Bonchev–Trinajstić information content (AvgIpc) is 2.69. The van der Waals surface area contributed by atoms with Crippen LogP contribution in [0.2, 0.25) is 0 Å². The van der Waals surface area contributed by atoms with Gasteiger partial charge in [-0.05, 0) is 25.1 Å². The maximum Gasteiger partial charge on any atom is 0.289 e. The lowest BCUT2D eigenvalue weighted by atomic mass is 9.91. The van der Waals surface area contributed by atoms with E-state index in [9.17, 15) is 23.3 Å². The Hall–Kier alpha value is -3.27. The van der Waals surface area contributed by atoms with Gasteiger partial charge in [-0.3, -0.25) is 19.2 Å². The van der Waals surface area contributed by atoms with Crippen LogP contribution in [0.1, 0.15) is 27.7 Å². The molecule has 0 heterocycles. The molecule has 0 unspecified atom stereocenters. The standard InChI is InChI=1S/C20H24N4O5S/c1-15(20(2,3)4)21-22-19(25)14-23(16-10-6-5-7-11-16)30(28,29)18-13-9-8-12-17(18)24(26)27/h5-13H,14H2,1-4H3,(H,22,25)/b21-15-. The lowest BCUT2D eigenvalue weighted by molar-refractivity contribution is -0.387. The van der Waals surface area contributed by atoms with Gasteiger partial charge in [0.1, 0.15) is 6.54 Å². The molecule has 0 aliphatic carbocycles. The van der Waals surface area contributed by atoms with Crippen LogP contribution >= 0.6 is 0 Å². The van der Waals surface area contributed by atoms with Crippen molar-refractivity contribution >= 4 is 33.0 Å². The van der Waals surface area contributed by atoms with E-state index in [1.807, 2.05) is 20.8 Å². The molecule has 0 saturated carbocycles. The summed E-state index contributed by atoms with van der Waals surface area (Å²) in [5.41, 5.74) is 2.37. The molecular weight excluding hydrogens is 408 g/mol. The minimum atomic E-state index is -4.41. The van der Waals surface area contributed by atoms with Crippen LogP contribution in [0.3, 0.4) is 0 Å². The summed E-state index contributed by atoms with van der Waals surface area (Å²) in [4.78, 5) is 22.6. The van der Waals surface area contributed by atoms with E-state index in [1.165, 1.54) is 24.3 Å². The highest BCUT2D eigenvalue weighted by molar-refractivity contribution is 7.93. The van der Waals surface area contributed by atoms with E-state index in [0.29, 0.717) is 5.71 Å². The molecule has 0 atom stereocenters. The third-order valence-corrected chi connectivity index (χ3v) is 6.22. The Morgan fingerprint density at radius 1 is 1.10 bits per heavy atom. The van der Waals surface area contributed by atoms with Crippen molar-refractivity contribution in [1.29, 1.82) is 0 Å². The molecule has 2 aromatic rings. The van der Waals surface area contributed by atoms with E-state index in [0.717, 1.165) is 16.4 Å². The number of hydrogen-bond acceptors (Lipinski definition) is 6. The van der Waals surface area contributed by atoms with E-state index >= 15 is 0 Å². The molecule has 0 spiro atoms. The van der Waals surface area contributed by atoms with Crippen LogP contribution < -0.4 is 9.73 Å². The van der Waals surface area contributed by atoms with E-state index in [-0.39, 0.29) is 11.1 Å². The first-order valence-electron chi connectivity index (χ1n) is 9.09. The van der Waals surface area contributed by atoms with E-state index in [2.05, 4.69) is 10.5 Å². The molecule has 0 aromatic heterocycles. The zero-order valence-electron chi connectivity index (χ0n) is 17.2. The summed E-state index contributed by atoms with van der Waals surface area (Å²) in [6.45, 7) is 6.92. The van der Waals surface area contributed by atoms with Crippen molar-refractivity contribution in [2.24, 2.45) is 10.5 Å². The van der Waals surface area contributed by atoms with E-state index in [1.54, 1.807) is 25.1 Å². The smallest absolute Gasteiger partial charge is 0.271 e. The highest BCUT2D eigenvalue weighted by atomic mass is 32.2. The predicted molar refractivity (Wildman–Crippen MR) is 115 cm³/mol. The lowest BCUT2D eigenvalue weighted by Gasteiger charge is -2.24. The van der Waals surface area contributed by atoms with Gasteiger partial charge >= 0.3 is 0 Å². The molecule has 160 valence electrons. The number of benzene rings is 2. The molecule has 0 bridgehead atoms. The number of anilines is 1. The number of hydrazone groups is 1. The number of para-hydroxylation sites is 2. The summed E-state index contributed by atoms with van der Waals surface area (Å²) in [6, 6.07) is 12.9. The highest BCUT2D eigenvalue weighted by Gasteiger charge is 2.33. The molecule has 10 heteroatoms. The third-order valence-electron chi connectivity index (χ3n) is 4.40. The van der Waals surface area contributed by atoms with Gasteiger partial charge in [-0.15, -0.1) is 0 Å². The van der Waals surface area contributed by atoms with Gasteiger partial charge in [0, 0.05) is 17.2 Å². The summed E-state index contributed by atoms with van der Waals surface area (Å²) in [7, 11) is -4.41. The van der Waals surface area contributed by atoms with Gasteiger partial charge in [-0.25, -0.2) is 13.8 Å². The fourth-order valence-corrected chi connectivity index (χ4v) is 3.92. The number of nitro groups is 1. The van der Waals surface area contributed by atoms with Crippen LogP contribution in [0.4, 0.5) is 11.4 Å². The van der Waals surface area contributed by atoms with Gasteiger partial charge in [-0.2, -0.15) is 5.10 Å². The Bertz CT molecular complexity index is 1060. The van der Waals surface area contributed by atoms with Crippen LogP contribution in [-0.2, 0) is 14.8 Å². The minimum absolute atomic E-state index is 0.197. The molecule has 0 saturated heterocycles. The summed E-state index contributed by atoms with van der Waals surface area (Å²) < 4.78 is 27.4. The highest BCUT2D eigenvalue weighted by Crippen LogP contribution is 2.29. The number of amides is 1. The maximum atomic E-state index is 13.3. The second-order valence-corrected chi connectivity index (χ2v) is 9.38. The number of hydrogen-bond donors (Lipinski definition) is 1. The number of nitrogens with zero attached hydrogens (tertiary/aromatic N) is 3. The quantitative estimate of drug-likeness (QED) is 0.408. The second-order valence-electron chi connectivity index (χ2n) is 7.55. The summed E-state index contributed by atoms with van der Waals surface area (Å²) in [6.07, 6.45) is 0. The number of sulfonamides is 1. The largest absolute Gasteiger partial charge is 0.289 e. The van der Waals surface area contributed by atoms with Crippen LogP contribution in [0.5, 0.6) is 0 Å². The molecule has 9 nitrogen and oxygen atoms in total. The molecule has 0 aliphatic rings. The Labute approximate surface area is 175 Å². The Kier molecular flexibility index (Phi) is 6.93. The number of nitrogens with one attached hydrogen (secondary N) is 1. The maximum absolute atomic E-state index is 13.3. The average molecular weight is 433 g/mol. The third kappa shape index (κ3) is 5.41. The SMILES string of the molecule is C/C(=N/NC(=O)CN(c1ccccc1)S(=O)(=O)c1ccccc1[N+](=O)[O-])C(C)(C)C. The molecule has 0 radical (unpaired) electrons. The first-order valence-corrected chi connectivity index (χ1v) is 10.5. The van der Waals surface area contributed by atoms with Crippen LogP contribution in [0, 0.1) is 15.5 Å². The van der Waals surface area contributed by atoms with Gasteiger partial charge in [0.05, 0.1) is 10.6 Å². The fourth-order valence-electron chi connectivity index (χ4n) is 2.33. The Balaban J connectivity index is 2.45. The van der Waals surface area contributed by atoms with Gasteiger partial charge in [0.15, 0.2) is 4.90 Å². The van der Waals surface area contributed by atoms with Crippen LogP contribution in [0.25, 0.3) is 0 Å². The van der Waals surface area contributed by atoms with Crippen LogP contribution in [-0.4, -0.2) is 31.5 Å². The normalized spacial score (nSPS) is 12.3. The van der Waals surface area contributed by atoms with Crippen molar-refractivity contribution < 1.29 is 18.1 Å². The number of nitro benzene ring substituents is 1. The number of carbonyl (C=O) groups is 1. The molecule has 1 amide bonds. The Morgan fingerprint density at radius 2 is 1.67 bits per heavy atom. The molecule has 2 rings (SSSR count). The number of rotatable bonds is 7. The van der Waals surface area contributed by atoms with Crippen molar-refractivity contribution in [3.05, 3.63) is 64.7 Å². The summed E-state index contributed by atoms with van der Waals surface area (Å²) in [5.74, 6) is -0.676. The van der Waals surface area contributed by atoms with Crippen LogP contribution in [0.15, 0.2) is 64.6 Å². The summed E-state index contributed by atoms with van der Waals surface area (Å²) in [5, 5.41) is 15.4. The molecule has 0 fully saturated rings. The van der Waals surface area contributed by atoms with Crippen molar-refractivity contribution in [3.63, 3.8) is 0 Å². The predicted octanol–water partition coefficient (Wildman–Crippen LogP) is 3.33. The minimum Gasteiger partial charge on any atom is -0.271 e. The fraction of sp³-hybridized carbons (Fsp3) is 0.300. The molecule has 2 aromatic carbocycles. The van der Waals surface area contributed by atoms with Gasteiger partial charge < -0.3 is 0 Å². The molecule has 30 heavy (non-hydrogen) atoms. The summed E-state index contributed by atoms with van der Waals surface area (Å²) >= 11 is 0. The number of carbonyl (C=O) groups excluding carboxylic acids is 1. The van der Waals surface area contributed by atoms with E-state index in [4.69, 9.17) is 0 Å². The van der Waals surface area contributed by atoms with Crippen molar-refractivity contribution in [2.75, 3.05) is 10.8 Å². The molecular formula is C20H24N4O5S. The zero-order valence-corrected chi connectivity index (χ0v) is 18.0. The first kappa shape index (κ1) is 23.0. The van der Waals surface area contributed by atoms with Gasteiger partial charge in [0.2, 0.25) is 0 Å². The second kappa shape index (κ2) is 9.04. The van der Waals surface area contributed by atoms with Crippen molar-refractivity contribution in [2.45, 2.75) is 32.6 Å². The van der Waals surface area contributed by atoms with Gasteiger partial charge in [-0.1, -0.05) is 51.1 Å². The monoisotopic (exact) mass is 432 g/mol. The lowest BCUT2D eigenvalue weighted by Crippen LogP contribution is -2.40. The van der Waals surface area contributed by atoms with Gasteiger partial charge in [0.25, 0.3) is 21.6 Å². The zero-order chi connectivity index (χ0) is 22.5. The van der Waals surface area contributed by atoms with Crippen molar-refractivity contribution in [1.82, 2.24) is 5.43 Å². The molecule has 0 aliphatic heterocycles. The first-order chi connectivity index (χ1) is 13.9. The molecule has 1 N–H and O–H groups in total. The Morgan fingerprint density at radius 3 is 2.23 bits per heavy atom. The van der Waals surface area contributed by atoms with Crippen molar-refractivity contribution in [3.8, 4) is 0 Å².